The molecule has 1 aromatic heterocycles. The second-order valence-corrected chi connectivity index (χ2v) is 4.91. The average molecular weight is 266 g/mol. The van der Waals surface area contributed by atoms with E-state index in [4.69, 9.17) is 4.74 Å². The molecule has 1 aliphatic rings. The number of aliphatic hydroxyl groups excluding tert-OH is 1. The highest BCUT2D eigenvalue weighted by Gasteiger charge is 2.17. The summed E-state index contributed by atoms with van der Waals surface area (Å²) in [4.78, 5) is 13.9. The Balaban J connectivity index is 1.90. The lowest BCUT2D eigenvalue weighted by atomic mass is 10.1. The maximum atomic E-state index is 12.1. The van der Waals surface area contributed by atoms with Crippen LogP contribution in [-0.2, 0) is 16.1 Å². The number of hydrogen-bond acceptors (Lipinski definition) is 3. The van der Waals surface area contributed by atoms with Crippen LogP contribution in [-0.4, -0.2) is 46.8 Å². The van der Waals surface area contributed by atoms with Gasteiger partial charge in [0.15, 0.2) is 0 Å². The van der Waals surface area contributed by atoms with E-state index in [1.807, 2.05) is 34.9 Å². The molecule has 1 aliphatic heterocycles. The van der Waals surface area contributed by atoms with Crippen LogP contribution in [0.5, 0.6) is 0 Å². The van der Waals surface area contributed by atoms with Gasteiger partial charge in [0.05, 0.1) is 19.3 Å². The van der Waals surface area contributed by atoms with E-state index >= 15 is 0 Å². The van der Waals surface area contributed by atoms with E-state index in [1.54, 1.807) is 0 Å². The first kappa shape index (κ1) is 14.1. The smallest absolute Gasteiger partial charge is 0.242 e. The van der Waals surface area contributed by atoms with E-state index in [0.717, 1.165) is 18.4 Å². The van der Waals surface area contributed by atoms with Crippen molar-refractivity contribution in [3.8, 4) is 0 Å². The van der Waals surface area contributed by atoms with Crippen molar-refractivity contribution in [2.24, 2.45) is 0 Å². The fourth-order valence-electron chi connectivity index (χ4n) is 2.26. The number of ether oxygens (including phenoxy) is 1. The van der Waals surface area contributed by atoms with Crippen LogP contribution in [0.25, 0.3) is 0 Å². The van der Waals surface area contributed by atoms with Gasteiger partial charge in [0.25, 0.3) is 0 Å². The average Bonchev–Trinajstić information content (AvgIpc) is 2.88. The highest BCUT2D eigenvalue weighted by Crippen LogP contribution is 2.18. The van der Waals surface area contributed by atoms with E-state index in [0.29, 0.717) is 32.8 Å². The Morgan fingerprint density at radius 3 is 2.89 bits per heavy atom. The van der Waals surface area contributed by atoms with Gasteiger partial charge in [-0.05, 0) is 18.1 Å². The van der Waals surface area contributed by atoms with Gasteiger partial charge in [-0.25, -0.2) is 0 Å². The third-order valence-corrected chi connectivity index (χ3v) is 3.40. The maximum Gasteiger partial charge on any atom is 0.242 e. The highest BCUT2D eigenvalue weighted by molar-refractivity contribution is 5.76. The maximum absolute atomic E-state index is 12.1. The number of nitrogens with zero attached hydrogens (tertiary/aromatic N) is 2. The van der Waals surface area contributed by atoms with Crippen LogP contribution in [0.1, 0.15) is 31.4 Å². The fraction of sp³-hybridized carbons (Fsp3) is 0.643. The summed E-state index contributed by atoms with van der Waals surface area (Å²) in [7, 11) is 0. The summed E-state index contributed by atoms with van der Waals surface area (Å²) in [5, 5.41) is 9.89. The molecule has 1 fully saturated rings. The van der Waals surface area contributed by atoms with Crippen molar-refractivity contribution in [1.82, 2.24) is 9.47 Å². The molecule has 106 valence electrons. The van der Waals surface area contributed by atoms with Gasteiger partial charge in [0.1, 0.15) is 6.54 Å². The molecule has 2 rings (SSSR count). The van der Waals surface area contributed by atoms with Crippen molar-refractivity contribution in [3.05, 3.63) is 24.0 Å². The van der Waals surface area contributed by atoms with Crippen LogP contribution < -0.4 is 0 Å². The Bertz CT molecular complexity index is 411. The van der Waals surface area contributed by atoms with Crippen molar-refractivity contribution >= 4 is 5.91 Å². The number of aliphatic hydroxyl groups is 1. The molecular formula is C14H22N2O3. The first-order chi connectivity index (χ1) is 9.20. The van der Waals surface area contributed by atoms with E-state index < -0.39 is 6.10 Å². The first-order valence-corrected chi connectivity index (χ1v) is 6.90. The number of morpholine rings is 1. The van der Waals surface area contributed by atoms with Gasteiger partial charge >= 0.3 is 0 Å². The Hall–Kier alpha value is -1.33. The minimum atomic E-state index is -0.426. The van der Waals surface area contributed by atoms with E-state index in [2.05, 4.69) is 0 Å². The summed E-state index contributed by atoms with van der Waals surface area (Å²) in [6.07, 6.45) is 4.98. The van der Waals surface area contributed by atoms with Crippen molar-refractivity contribution in [1.29, 1.82) is 0 Å². The van der Waals surface area contributed by atoms with Crippen LogP contribution in [0, 0.1) is 0 Å². The number of carbonyl (C=O) groups excluding carboxylic acids is 1. The summed E-state index contributed by atoms with van der Waals surface area (Å²) in [6, 6.07) is 1.88. The van der Waals surface area contributed by atoms with Crippen molar-refractivity contribution in [2.75, 3.05) is 26.3 Å². The molecule has 2 heterocycles. The number of hydrogen-bond donors (Lipinski definition) is 1. The molecule has 1 saturated heterocycles. The number of aromatic nitrogens is 1. The molecule has 0 aliphatic carbocycles. The molecule has 1 unspecified atom stereocenters. The lowest BCUT2D eigenvalue weighted by molar-refractivity contribution is -0.135. The third kappa shape index (κ3) is 3.81. The number of amides is 1. The SMILES string of the molecule is CCCC(O)c1ccn(CC(=O)N2CCOCC2)c1. The Morgan fingerprint density at radius 1 is 1.47 bits per heavy atom. The monoisotopic (exact) mass is 266 g/mol. The quantitative estimate of drug-likeness (QED) is 0.870. The van der Waals surface area contributed by atoms with Crippen LogP contribution >= 0.6 is 0 Å². The fourth-order valence-corrected chi connectivity index (χ4v) is 2.26. The van der Waals surface area contributed by atoms with Gasteiger partial charge in [-0.1, -0.05) is 13.3 Å². The lowest BCUT2D eigenvalue weighted by Gasteiger charge is -2.26. The third-order valence-electron chi connectivity index (χ3n) is 3.40. The number of carbonyl (C=O) groups is 1. The molecular weight excluding hydrogens is 244 g/mol. The molecule has 0 aromatic carbocycles. The van der Waals surface area contributed by atoms with Crippen molar-refractivity contribution in [3.63, 3.8) is 0 Å². The molecule has 1 N–H and O–H groups in total. The summed E-state index contributed by atoms with van der Waals surface area (Å²) in [6.45, 7) is 4.97. The predicted molar refractivity (Wildman–Crippen MR) is 71.7 cm³/mol. The normalized spacial score (nSPS) is 17.5. The Labute approximate surface area is 113 Å². The zero-order valence-electron chi connectivity index (χ0n) is 11.4. The van der Waals surface area contributed by atoms with Crippen LogP contribution in [0.4, 0.5) is 0 Å². The summed E-state index contributed by atoms with van der Waals surface area (Å²) in [5.41, 5.74) is 0.886. The standard InChI is InChI=1S/C14H22N2O3/c1-2-3-13(17)12-4-5-15(10-12)11-14(18)16-6-8-19-9-7-16/h4-5,10,13,17H,2-3,6-9,11H2,1H3. The molecule has 0 spiro atoms. The molecule has 0 bridgehead atoms. The largest absolute Gasteiger partial charge is 0.388 e. The molecule has 19 heavy (non-hydrogen) atoms. The Kier molecular flexibility index (Phi) is 4.99. The second-order valence-electron chi connectivity index (χ2n) is 4.91. The van der Waals surface area contributed by atoms with Crippen LogP contribution in [0.3, 0.4) is 0 Å². The molecule has 1 atom stereocenters. The van der Waals surface area contributed by atoms with Gasteiger partial charge in [-0.15, -0.1) is 0 Å². The van der Waals surface area contributed by atoms with Gasteiger partial charge in [0, 0.05) is 25.5 Å². The lowest BCUT2D eigenvalue weighted by Crippen LogP contribution is -2.42. The molecule has 5 nitrogen and oxygen atoms in total. The second kappa shape index (κ2) is 6.73. The molecule has 5 heteroatoms. The summed E-state index contributed by atoms with van der Waals surface area (Å²) in [5.74, 6) is 0.107. The van der Waals surface area contributed by atoms with Gasteiger partial charge < -0.3 is 19.3 Å². The van der Waals surface area contributed by atoms with Crippen LogP contribution in [0.15, 0.2) is 18.5 Å². The van der Waals surface area contributed by atoms with Gasteiger partial charge in [-0.3, -0.25) is 4.79 Å². The minimum Gasteiger partial charge on any atom is -0.388 e. The molecule has 0 radical (unpaired) electrons. The zero-order valence-corrected chi connectivity index (χ0v) is 11.4. The minimum absolute atomic E-state index is 0.107. The molecule has 0 saturated carbocycles. The zero-order chi connectivity index (χ0) is 13.7. The van der Waals surface area contributed by atoms with E-state index in [1.165, 1.54) is 0 Å². The van der Waals surface area contributed by atoms with E-state index in [9.17, 15) is 9.90 Å². The predicted octanol–water partition coefficient (Wildman–Crippen LogP) is 1.18. The number of rotatable bonds is 5. The van der Waals surface area contributed by atoms with Crippen molar-refractivity contribution in [2.45, 2.75) is 32.4 Å². The summed E-state index contributed by atoms with van der Waals surface area (Å²) >= 11 is 0. The molecule has 1 aromatic rings. The Morgan fingerprint density at radius 2 is 2.21 bits per heavy atom. The molecule has 1 amide bonds. The van der Waals surface area contributed by atoms with E-state index in [-0.39, 0.29) is 5.91 Å². The van der Waals surface area contributed by atoms with Crippen molar-refractivity contribution < 1.29 is 14.6 Å². The summed E-state index contributed by atoms with van der Waals surface area (Å²) < 4.78 is 7.07. The topological polar surface area (TPSA) is 54.7 Å². The first-order valence-electron chi connectivity index (χ1n) is 6.90. The highest BCUT2D eigenvalue weighted by atomic mass is 16.5. The van der Waals surface area contributed by atoms with Gasteiger partial charge in [-0.2, -0.15) is 0 Å². The van der Waals surface area contributed by atoms with Crippen LogP contribution in [0.2, 0.25) is 0 Å². The van der Waals surface area contributed by atoms with Gasteiger partial charge in [0.2, 0.25) is 5.91 Å².